The third-order valence-corrected chi connectivity index (χ3v) is 6.49. The first-order valence-corrected chi connectivity index (χ1v) is 10.5. The van der Waals surface area contributed by atoms with Crippen molar-refractivity contribution < 1.29 is 24.1 Å². The number of hydrogen-bond acceptors (Lipinski definition) is 6. The molecule has 3 aromatic rings. The van der Waals surface area contributed by atoms with Gasteiger partial charge in [0.25, 0.3) is 5.56 Å². The molecule has 1 radical (unpaired) electrons. The van der Waals surface area contributed by atoms with Gasteiger partial charge in [0.05, 0.1) is 29.0 Å². The Morgan fingerprint density at radius 2 is 2.06 bits per heavy atom. The quantitative estimate of drug-likeness (QED) is 0.476. The number of esters is 1. The third-order valence-electron chi connectivity index (χ3n) is 6.49. The van der Waals surface area contributed by atoms with Crippen molar-refractivity contribution in [1.29, 1.82) is 0 Å². The average Bonchev–Trinajstić information content (AvgIpc) is 3.14. The zero-order valence-electron chi connectivity index (χ0n) is 17.7. The number of hydrogen-bond donors (Lipinski definition) is 2. The van der Waals surface area contributed by atoms with Gasteiger partial charge in [-0.3, -0.25) is 4.79 Å². The van der Waals surface area contributed by atoms with E-state index in [1.807, 2.05) is 6.42 Å². The van der Waals surface area contributed by atoms with Gasteiger partial charge < -0.3 is 19.5 Å². The maximum absolute atomic E-state index is 14.3. The summed E-state index contributed by atoms with van der Waals surface area (Å²) >= 11 is 0. The van der Waals surface area contributed by atoms with Crippen molar-refractivity contribution in [2.75, 3.05) is 6.61 Å². The lowest BCUT2D eigenvalue weighted by molar-refractivity contribution is -0.172. The van der Waals surface area contributed by atoms with Crippen LogP contribution in [0.4, 0.5) is 4.39 Å². The summed E-state index contributed by atoms with van der Waals surface area (Å²) in [7, 11) is 0. The van der Waals surface area contributed by atoms with Gasteiger partial charge in [-0.15, -0.1) is 0 Å². The third kappa shape index (κ3) is 2.76. The van der Waals surface area contributed by atoms with Gasteiger partial charge in [0.15, 0.2) is 5.60 Å². The number of nitrogens with zero attached hydrogens (tertiary/aromatic N) is 2. The summed E-state index contributed by atoms with van der Waals surface area (Å²) < 4.78 is 21.0. The molecule has 8 heteroatoms. The van der Waals surface area contributed by atoms with E-state index in [2.05, 4.69) is 4.98 Å². The molecule has 0 spiro atoms. The van der Waals surface area contributed by atoms with Gasteiger partial charge >= 0.3 is 5.97 Å². The predicted molar refractivity (Wildman–Crippen MR) is 114 cm³/mol. The Bertz CT molecular complexity index is 1360. The molecule has 2 aliphatic heterocycles. The molecular formula is C24H22FN2O5. The number of carbonyl (C=O) groups excluding carboxylic acids is 1. The van der Waals surface area contributed by atoms with Gasteiger partial charge in [-0.1, -0.05) is 6.92 Å². The number of carbonyl (C=O) groups is 1. The minimum atomic E-state index is -1.91. The monoisotopic (exact) mass is 437 g/mol. The molecule has 1 atom stereocenters. The van der Waals surface area contributed by atoms with E-state index in [1.165, 1.54) is 6.07 Å². The first-order valence-electron chi connectivity index (χ1n) is 10.5. The molecule has 2 N–H and O–H groups in total. The van der Waals surface area contributed by atoms with Crippen LogP contribution in [-0.4, -0.2) is 32.3 Å². The first kappa shape index (κ1) is 20.8. The molecule has 2 aromatic heterocycles. The molecule has 2 aliphatic rings. The molecule has 0 unspecified atom stereocenters. The van der Waals surface area contributed by atoms with E-state index in [9.17, 15) is 24.2 Å². The van der Waals surface area contributed by atoms with E-state index in [1.54, 1.807) is 30.5 Å². The van der Waals surface area contributed by atoms with Gasteiger partial charge in [-0.05, 0) is 49.4 Å². The fourth-order valence-electron chi connectivity index (χ4n) is 4.68. The van der Waals surface area contributed by atoms with Crippen molar-refractivity contribution in [1.82, 2.24) is 9.55 Å². The molecule has 5 rings (SSSR count). The van der Waals surface area contributed by atoms with Crippen LogP contribution in [0.5, 0.6) is 0 Å². The van der Waals surface area contributed by atoms with Crippen molar-refractivity contribution in [3.8, 4) is 11.4 Å². The Balaban J connectivity index is 1.81. The minimum absolute atomic E-state index is 0.0526. The van der Waals surface area contributed by atoms with Gasteiger partial charge in [0.2, 0.25) is 0 Å². The lowest BCUT2D eigenvalue weighted by Crippen LogP contribution is -2.44. The number of fused-ring (bicyclic) bond motifs is 5. The number of ether oxygens (including phenoxy) is 1. The number of aliphatic hydroxyl groups excluding tert-OH is 1. The van der Waals surface area contributed by atoms with E-state index in [0.29, 0.717) is 28.9 Å². The number of benzene rings is 1. The second-order valence-corrected chi connectivity index (χ2v) is 8.29. The molecule has 1 aromatic carbocycles. The van der Waals surface area contributed by atoms with Crippen LogP contribution in [0.25, 0.3) is 22.3 Å². The Morgan fingerprint density at radius 1 is 1.28 bits per heavy atom. The Labute approximate surface area is 183 Å². The van der Waals surface area contributed by atoms with E-state index in [0.717, 1.165) is 16.5 Å². The van der Waals surface area contributed by atoms with Crippen LogP contribution >= 0.6 is 0 Å². The summed E-state index contributed by atoms with van der Waals surface area (Å²) in [5, 5.41) is 21.1. The lowest BCUT2D eigenvalue weighted by Gasteiger charge is -2.31. The number of aliphatic hydroxyl groups is 2. The molecule has 0 saturated carbocycles. The molecule has 7 nitrogen and oxygen atoms in total. The minimum Gasteiger partial charge on any atom is -0.458 e. The summed E-state index contributed by atoms with van der Waals surface area (Å²) in [4.78, 5) is 30.3. The van der Waals surface area contributed by atoms with E-state index >= 15 is 0 Å². The molecule has 0 saturated heterocycles. The molecule has 0 amide bonds. The molecule has 4 heterocycles. The normalized spacial score (nSPS) is 19.0. The smallest absolute Gasteiger partial charge is 0.343 e. The first-order chi connectivity index (χ1) is 15.3. The number of halogens is 1. The zero-order valence-corrected chi connectivity index (χ0v) is 17.7. The highest BCUT2D eigenvalue weighted by Gasteiger charge is 2.45. The molecular weight excluding hydrogens is 415 g/mol. The zero-order chi connectivity index (χ0) is 22.8. The van der Waals surface area contributed by atoms with Crippen LogP contribution in [0.1, 0.15) is 47.6 Å². The lowest BCUT2D eigenvalue weighted by atomic mass is 9.86. The van der Waals surface area contributed by atoms with Crippen molar-refractivity contribution >= 4 is 16.9 Å². The van der Waals surface area contributed by atoms with Crippen molar-refractivity contribution in [2.45, 2.75) is 45.4 Å². The molecule has 0 fully saturated rings. The second-order valence-electron chi connectivity index (χ2n) is 8.29. The van der Waals surface area contributed by atoms with Crippen LogP contribution in [0.3, 0.4) is 0 Å². The highest BCUT2D eigenvalue weighted by atomic mass is 19.1. The predicted octanol–water partition coefficient (Wildman–Crippen LogP) is 2.46. The van der Waals surface area contributed by atoms with Crippen molar-refractivity contribution in [3.63, 3.8) is 0 Å². The van der Waals surface area contributed by atoms with Gasteiger partial charge in [-0.25, -0.2) is 14.2 Å². The van der Waals surface area contributed by atoms with Gasteiger partial charge in [0, 0.05) is 29.2 Å². The van der Waals surface area contributed by atoms with Crippen molar-refractivity contribution in [3.05, 3.63) is 68.6 Å². The van der Waals surface area contributed by atoms with Crippen LogP contribution < -0.4 is 5.56 Å². The molecule has 0 bridgehead atoms. The topological polar surface area (TPSA) is 102 Å². The van der Waals surface area contributed by atoms with Crippen LogP contribution in [0, 0.1) is 19.2 Å². The largest absolute Gasteiger partial charge is 0.458 e. The molecule has 0 aliphatic carbocycles. The van der Waals surface area contributed by atoms with Crippen LogP contribution in [0.2, 0.25) is 0 Å². The Morgan fingerprint density at radius 3 is 2.78 bits per heavy atom. The number of aromatic nitrogens is 2. The van der Waals surface area contributed by atoms with Crippen LogP contribution in [0.15, 0.2) is 23.0 Å². The number of cyclic esters (lactones) is 1. The van der Waals surface area contributed by atoms with E-state index < -0.39 is 11.6 Å². The summed E-state index contributed by atoms with van der Waals surface area (Å²) in [6.45, 7) is 3.31. The van der Waals surface area contributed by atoms with E-state index in [4.69, 9.17) is 4.74 Å². The van der Waals surface area contributed by atoms with E-state index in [-0.39, 0.29) is 48.7 Å². The summed E-state index contributed by atoms with van der Waals surface area (Å²) in [5.41, 5.74) is 1.67. The van der Waals surface area contributed by atoms with Crippen LogP contribution in [-0.2, 0) is 28.3 Å². The standard InChI is InChI=1S/C24H22FN2O5/c1-3-24(31)17-8-20-21-15(10-27(20)22(29)16(17)11-32-23(24)30)13(5-4-6-28)14-7-12(2)18(25)9-19(14)26-21/h5,7-9,28,31H,3-4,6,10-11H2,1-2H3/t24-/m0/s1. The summed E-state index contributed by atoms with van der Waals surface area (Å²) in [5.74, 6) is -1.17. The second kappa shape index (κ2) is 7.21. The fraction of sp³-hybridized carbons (Fsp3) is 0.333. The Hall–Kier alpha value is -3.10. The average molecular weight is 437 g/mol. The molecule has 32 heavy (non-hydrogen) atoms. The fourth-order valence-corrected chi connectivity index (χ4v) is 4.68. The highest BCUT2D eigenvalue weighted by Crippen LogP contribution is 2.41. The summed E-state index contributed by atoms with van der Waals surface area (Å²) in [6.07, 6.45) is 2.31. The maximum atomic E-state index is 14.3. The number of pyridine rings is 2. The van der Waals surface area contributed by atoms with Crippen molar-refractivity contribution in [2.24, 2.45) is 0 Å². The van der Waals surface area contributed by atoms with Gasteiger partial charge in [0.1, 0.15) is 12.4 Å². The number of rotatable bonds is 4. The van der Waals surface area contributed by atoms with Gasteiger partial charge in [-0.2, -0.15) is 0 Å². The summed E-state index contributed by atoms with van der Waals surface area (Å²) in [6, 6.07) is 4.71. The number of aryl methyl sites for hydroxylation is 1. The Kier molecular flexibility index (Phi) is 4.69. The maximum Gasteiger partial charge on any atom is 0.343 e. The SMILES string of the molecule is CC[C@@]1(O)C(=O)OCc2c1cc1n(c2=O)Cc2c-1nc1cc(F)c(C)cc1c2[CH]CCO. The highest BCUT2D eigenvalue weighted by molar-refractivity contribution is 5.90. The molecule has 165 valence electrons.